The van der Waals surface area contributed by atoms with Gasteiger partial charge in [-0.2, -0.15) is 0 Å². The van der Waals surface area contributed by atoms with Crippen LogP contribution in [0, 0.1) is 5.92 Å². The Kier molecular flexibility index (Phi) is 4.54. The highest BCUT2D eigenvalue weighted by Gasteiger charge is 2.53. The van der Waals surface area contributed by atoms with Crippen molar-refractivity contribution in [2.24, 2.45) is 5.92 Å². The molecule has 6 heteroatoms. The Morgan fingerprint density at radius 2 is 1.84 bits per heavy atom. The molecule has 1 aromatic carbocycles. The lowest BCUT2D eigenvalue weighted by molar-refractivity contribution is -0.140. The molecule has 0 aromatic heterocycles. The van der Waals surface area contributed by atoms with Crippen molar-refractivity contribution in [3.8, 4) is 0 Å². The quantitative estimate of drug-likeness (QED) is 0.774. The largest absolute Gasteiger partial charge is 0.444 e. The number of fused-ring (bicyclic) bond motifs is 1. The van der Waals surface area contributed by atoms with E-state index < -0.39 is 23.7 Å². The number of ether oxygens (including phenoxy) is 1. The lowest BCUT2D eigenvalue weighted by Crippen LogP contribution is -2.52. The molecule has 25 heavy (non-hydrogen) atoms. The van der Waals surface area contributed by atoms with E-state index in [9.17, 15) is 14.4 Å². The molecule has 0 aliphatic carbocycles. The van der Waals surface area contributed by atoms with Gasteiger partial charge >= 0.3 is 6.09 Å². The number of benzene rings is 1. The van der Waals surface area contributed by atoms with Crippen molar-refractivity contribution in [1.82, 2.24) is 9.80 Å². The van der Waals surface area contributed by atoms with E-state index in [-0.39, 0.29) is 18.4 Å². The summed E-state index contributed by atoms with van der Waals surface area (Å²) in [5.41, 5.74) is 0.256. The summed E-state index contributed by atoms with van der Waals surface area (Å²) in [6, 6.07) is 8.67. The van der Waals surface area contributed by atoms with Gasteiger partial charge in [0.15, 0.2) is 0 Å². The van der Waals surface area contributed by atoms with Crippen LogP contribution in [-0.4, -0.2) is 45.9 Å². The van der Waals surface area contributed by atoms with Gasteiger partial charge in [-0.3, -0.25) is 19.4 Å². The van der Waals surface area contributed by atoms with E-state index in [1.54, 1.807) is 20.8 Å². The van der Waals surface area contributed by atoms with E-state index in [0.29, 0.717) is 19.4 Å². The van der Waals surface area contributed by atoms with Crippen molar-refractivity contribution in [1.29, 1.82) is 0 Å². The number of hydrogen-bond donors (Lipinski definition) is 0. The minimum absolute atomic E-state index is 0.188. The molecule has 0 saturated carbocycles. The van der Waals surface area contributed by atoms with Gasteiger partial charge in [0.2, 0.25) is 5.91 Å². The lowest BCUT2D eigenvalue weighted by Gasteiger charge is -2.35. The van der Waals surface area contributed by atoms with Crippen molar-refractivity contribution in [2.45, 2.75) is 51.8 Å². The maximum Gasteiger partial charge on any atom is 0.410 e. The summed E-state index contributed by atoms with van der Waals surface area (Å²) in [7, 11) is 0. The van der Waals surface area contributed by atoms with Crippen molar-refractivity contribution in [3.05, 3.63) is 35.9 Å². The number of likely N-dealkylation sites (tertiary alicyclic amines) is 2. The standard InChI is InChI=1S/C19H24N2O4/c1-19(2,3)25-18(24)20-11-7-10-14-15(20)17(23)21(16(14)22)12-13-8-5-4-6-9-13/h4-6,8-9,14-15H,7,10-12H2,1-3H3/t14-,15?/m0/s1. The van der Waals surface area contributed by atoms with Gasteiger partial charge in [-0.15, -0.1) is 0 Å². The zero-order valence-electron chi connectivity index (χ0n) is 14.9. The van der Waals surface area contributed by atoms with Crippen LogP contribution in [0.15, 0.2) is 30.3 Å². The number of imide groups is 1. The molecule has 3 amide bonds. The summed E-state index contributed by atoms with van der Waals surface area (Å²) in [5.74, 6) is -0.950. The number of hydrogen-bond acceptors (Lipinski definition) is 4. The van der Waals surface area contributed by atoms with Crippen molar-refractivity contribution in [2.75, 3.05) is 6.54 Å². The molecule has 0 bridgehead atoms. The summed E-state index contributed by atoms with van der Waals surface area (Å²) >= 11 is 0. The molecule has 2 aliphatic heterocycles. The number of nitrogens with zero attached hydrogens (tertiary/aromatic N) is 2. The van der Waals surface area contributed by atoms with Crippen LogP contribution in [0.2, 0.25) is 0 Å². The minimum Gasteiger partial charge on any atom is -0.444 e. The average molecular weight is 344 g/mol. The van der Waals surface area contributed by atoms with Crippen LogP contribution in [0.1, 0.15) is 39.2 Å². The zero-order chi connectivity index (χ0) is 18.2. The second kappa shape index (κ2) is 6.50. The highest BCUT2D eigenvalue weighted by atomic mass is 16.6. The first-order chi connectivity index (χ1) is 11.8. The Balaban J connectivity index is 1.81. The molecule has 2 fully saturated rings. The SMILES string of the molecule is CC(C)(C)OC(=O)N1CCC[C@@H]2C(=O)N(Cc3ccccc3)C(=O)C21. The summed E-state index contributed by atoms with van der Waals surface area (Å²) in [6.45, 7) is 6.04. The first kappa shape index (κ1) is 17.5. The van der Waals surface area contributed by atoms with E-state index in [1.165, 1.54) is 9.80 Å². The van der Waals surface area contributed by atoms with Crippen LogP contribution in [0.5, 0.6) is 0 Å². The molecule has 0 spiro atoms. The molecule has 2 saturated heterocycles. The first-order valence-electron chi connectivity index (χ1n) is 8.67. The van der Waals surface area contributed by atoms with E-state index in [2.05, 4.69) is 0 Å². The summed E-state index contributed by atoms with van der Waals surface area (Å²) in [6.07, 6.45) is 0.795. The molecule has 0 N–H and O–H groups in total. The van der Waals surface area contributed by atoms with Gasteiger partial charge in [0, 0.05) is 6.54 Å². The van der Waals surface area contributed by atoms with Crippen LogP contribution in [0.4, 0.5) is 4.79 Å². The number of piperidine rings is 1. The van der Waals surface area contributed by atoms with Crippen LogP contribution >= 0.6 is 0 Å². The Morgan fingerprint density at radius 3 is 2.48 bits per heavy atom. The fourth-order valence-corrected chi connectivity index (χ4v) is 3.48. The topological polar surface area (TPSA) is 66.9 Å². The second-order valence-electron chi connectivity index (χ2n) is 7.62. The van der Waals surface area contributed by atoms with Gasteiger partial charge in [-0.05, 0) is 39.2 Å². The number of amides is 3. The molecule has 2 aliphatic rings. The third-order valence-corrected chi connectivity index (χ3v) is 4.54. The van der Waals surface area contributed by atoms with Crippen LogP contribution in [-0.2, 0) is 20.9 Å². The molecule has 3 rings (SSSR count). The van der Waals surface area contributed by atoms with Crippen LogP contribution in [0.25, 0.3) is 0 Å². The maximum atomic E-state index is 12.9. The fraction of sp³-hybridized carbons (Fsp3) is 0.526. The third-order valence-electron chi connectivity index (χ3n) is 4.54. The average Bonchev–Trinajstić information content (AvgIpc) is 2.79. The van der Waals surface area contributed by atoms with E-state index in [4.69, 9.17) is 4.74 Å². The van der Waals surface area contributed by atoms with Crippen molar-refractivity contribution in [3.63, 3.8) is 0 Å². The Labute approximate surface area is 147 Å². The third kappa shape index (κ3) is 3.52. The van der Waals surface area contributed by atoms with Crippen LogP contribution in [0.3, 0.4) is 0 Å². The van der Waals surface area contributed by atoms with Gasteiger partial charge in [-0.1, -0.05) is 30.3 Å². The highest BCUT2D eigenvalue weighted by Crippen LogP contribution is 2.34. The van der Waals surface area contributed by atoms with Crippen LogP contribution < -0.4 is 0 Å². The molecule has 1 aromatic rings. The fourth-order valence-electron chi connectivity index (χ4n) is 3.48. The maximum absolute atomic E-state index is 12.9. The molecular formula is C19H24N2O4. The van der Waals surface area contributed by atoms with Gasteiger partial charge in [0.25, 0.3) is 5.91 Å². The summed E-state index contributed by atoms with van der Waals surface area (Å²) < 4.78 is 5.43. The lowest BCUT2D eigenvalue weighted by atomic mass is 9.91. The monoisotopic (exact) mass is 344 g/mol. The summed E-state index contributed by atoms with van der Waals surface area (Å²) in [5, 5.41) is 0. The smallest absolute Gasteiger partial charge is 0.410 e. The second-order valence-corrected chi connectivity index (χ2v) is 7.62. The number of carbonyl (C=O) groups is 3. The molecule has 2 heterocycles. The van der Waals surface area contributed by atoms with Gasteiger partial charge in [0.05, 0.1) is 12.5 Å². The molecule has 2 atom stereocenters. The molecule has 6 nitrogen and oxygen atoms in total. The van der Waals surface area contributed by atoms with E-state index in [0.717, 1.165) is 5.56 Å². The normalized spacial score (nSPS) is 23.6. The summed E-state index contributed by atoms with van der Waals surface area (Å²) in [4.78, 5) is 40.8. The number of carbonyl (C=O) groups excluding carboxylic acids is 3. The van der Waals surface area contributed by atoms with Crippen molar-refractivity contribution >= 4 is 17.9 Å². The first-order valence-corrected chi connectivity index (χ1v) is 8.67. The minimum atomic E-state index is -0.736. The predicted octanol–water partition coefficient (Wildman–Crippen LogP) is 2.57. The molecular weight excluding hydrogens is 320 g/mol. The van der Waals surface area contributed by atoms with E-state index in [1.807, 2.05) is 30.3 Å². The molecule has 0 radical (unpaired) electrons. The Morgan fingerprint density at radius 1 is 1.16 bits per heavy atom. The molecule has 134 valence electrons. The zero-order valence-corrected chi connectivity index (χ0v) is 14.9. The predicted molar refractivity (Wildman–Crippen MR) is 91.5 cm³/mol. The van der Waals surface area contributed by atoms with E-state index >= 15 is 0 Å². The molecule has 1 unspecified atom stereocenters. The van der Waals surface area contributed by atoms with Gasteiger partial charge in [-0.25, -0.2) is 4.79 Å². The van der Waals surface area contributed by atoms with Crippen molar-refractivity contribution < 1.29 is 19.1 Å². The Hall–Kier alpha value is -2.37. The Bertz CT molecular complexity index is 680. The highest BCUT2D eigenvalue weighted by molar-refractivity contribution is 6.08. The van der Waals surface area contributed by atoms with Gasteiger partial charge in [0.1, 0.15) is 11.6 Å². The van der Waals surface area contributed by atoms with Gasteiger partial charge < -0.3 is 4.74 Å². The number of rotatable bonds is 2.